The molecule has 1 saturated carbocycles. The van der Waals surface area contributed by atoms with Gasteiger partial charge in [0.05, 0.1) is 0 Å². The highest BCUT2D eigenvalue weighted by atomic mass is 32.2. The first kappa shape index (κ1) is 13.0. The molecule has 2 atom stereocenters. The molecule has 0 spiro atoms. The predicted molar refractivity (Wildman–Crippen MR) is 84.3 cm³/mol. The quantitative estimate of drug-likeness (QED) is 0.819. The summed E-state index contributed by atoms with van der Waals surface area (Å²) in [5.74, 6) is 1.72. The van der Waals surface area contributed by atoms with E-state index in [-0.39, 0.29) is 5.75 Å². The molecule has 0 bridgehead atoms. The fourth-order valence-electron chi connectivity index (χ4n) is 3.34. The number of aromatic nitrogens is 2. The zero-order valence-electron chi connectivity index (χ0n) is 11.6. The van der Waals surface area contributed by atoms with Gasteiger partial charge in [-0.3, -0.25) is 0 Å². The van der Waals surface area contributed by atoms with Crippen LogP contribution < -0.4 is 5.32 Å². The van der Waals surface area contributed by atoms with E-state index in [0.29, 0.717) is 11.2 Å². The molecule has 2 heterocycles. The van der Waals surface area contributed by atoms with Crippen LogP contribution in [-0.2, 0) is 0 Å². The third-order valence-electron chi connectivity index (χ3n) is 4.29. The maximum Gasteiger partial charge on any atom is 0.138 e. The molecule has 4 rings (SSSR count). The van der Waals surface area contributed by atoms with Gasteiger partial charge in [0.1, 0.15) is 22.9 Å². The molecule has 108 valence electrons. The number of phenolic OH excluding ortho intramolecular Hbond substituents is 1. The summed E-state index contributed by atoms with van der Waals surface area (Å²) in [6.45, 7) is 0. The van der Waals surface area contributed by atoms with Crippen LogP contribution in [0.3, 0.4) is 0 Å². The van der Waals surface area contributed by atoms with Crippen molar-refractivity contribution in [2.45, 2.75) is 41.9 Å². The summed E-state index contributed by atoms with van der Waals surface area (Å²) in [5, 5.41) is 14.7. The van der Waals surface area contributed by atoms with E-state index in [9.17, 15) is 5.11 Å². The van der Waals surface area contributed by atoms with Crippen molar-refractivity contribution in [1.82, 2.24) is 9.97 Å². The Morgan fingerprint density at radius 1 is 1.19 bits per heavy atom. The average molecular weight is 299 g/mol. The van der Waals surface area contributed by atoms with E-state index < -0.39 is 0 Å². The largest absolute Gasteiger partial charge is 0.508 e. The number of thioether (sulfide) groups is 1. The second-order valence-electron chi connectivity index (χ2n) is 5.66. The standard InChI is InChI=1S/C16H17N3OS/c20-11-5-3-4-10(8-11)19-15-14-12-6-1-2-7-13(12)21-16(14)18-9-17-15/h3-5,8-9,12-13,20H,1-2,6-7H2,(H,17,18,19). The number of fused-ring (bicyclic) bond motifs is 3. The first-order chi connectivity index (χ1) is 10.3. The summed E-state index contributed by atoms with van der Waals surface area (Å²) >= 11 is 1.91. The van der Waals surface area contributed by atoms with E-state index >= 15 is 0 Å². The summed E-state index contributed by atoms with van der Waals surface area (Å²) in [6.07, 6.45) is 6.75. The van der Waals surface area contributed by atoms with E-state index in [1.54, 1.807) is 18.5 Å². The Morgan fingerprint density at radius 3 is 3.00 bits per heavy atom. The molecule has 1 fully saturated rings. The van der Waals surface area contributed by atoms with E-state index in [1.807, 2.05) is 23.9 Å². The van der Waals surface area contributed by atoms with Crippen molar-refractivity contribution in [3.05, 3.63) is 36.2 Å². The number of anilines is 2. The normalized spacial score (nSPS) is 23.4. The molecule has 1 aliphatic heterocycles. The number of phenols is 1. The lowest BCUT2D eigenvalue weighted by Gasteiger charge is -2.25. The fraction of sp³-hybridized carbons (Fsp3) is 0.375. The van der Waals surface area contributed by atoms with Crippen LogP contribution in [0.4, 0.5) is 11.5 Å². The van der Waals surface area contributed by atoms with Gasteiger partial charge in [-0.05, 0) is 25.0 Å². The summed E-state index contributed by atoms with van der Waals surface area (Å²) in [7, 11) is 0. The molecular formula is C16H17N3OS. The second kappa shape index (κ2) is 5.22. The van der Waals surface area contributed by atoms with Crippen molar-refractivity contribution >= 4 is 23.3 Å². The first-order valence-corrected chi connectivity index (χ1v) is 8.27. The van der Waals surface area contributed by atoms with Gasteiger partial charge in [-0.2, -0.15) is 0 Å². The van der Waals surface area contributed by atoms with Gasteiger partial charge in [0.2, 0.25) is 0 Å². The summed E-state index contributed by atoms with van der Waals surface area (Å²) < 4.78 is 0. The van der Waals surface area contributed by atoms with Crippen LogP contribution in [-0.4, -0.2) is 20.3 Å². The van der Waals surface area contributed by atoms with E-state index in [4.69, 9.17) is 0 Å². The Hall–Kier alpha value is -1.75. The molecule has 0 radical (unpaired) electrons. The molecule has 21 heavy (non-hydrogen) atoms. The van der Waals surface area contributed by atoms with Crippen LogP contribution >= 0.6 is 11.8 Å². The number of aromatic hydroxyl groups is 1. The van der Waals surface area contributed by atoms with Gasteiger partial charge in [-0.25, -0.2) is 9.97 Å². The molecular weight excluding hydrogens is 282 g/mol. The Balaban J connectivity index is 1.70. The lowest BCUT2D eigenvalue weighted by Crippen LogP contribution is -2.16. The summed E-state index contributed by atoms with van der Waals surface area (Å²) in [5.41, 5.74) is 2.13. The van der Waals surface area contributed by atoms with Crippen molar-refractivity contribution in [3.8, 4) is 5.75 Å². The average Bonchev–Trinajstić information content (AvgIpc) is 2.87. The van der Waals surface area contributed by atoms with Crippen LogP contribution in [0.5, 0.6) is 5.75 Å². The third-order valence-corrected chi connectivity index (χ3v) is 5.71. The molecule has 1 aliphatic carbocycles. The number of nitrogens with one attached hydrogen (secondary N) is 1. The van der Waals surface area contributed by atoms with Crippen LogP contribution in [0.1, 0.15) is 37.2 Å². The molecule has 2 aromatic rings. The van der Waals surface area contributed by atoms with Crippen LogP contribution in [0, 0.1) is 0 Å². The molecule has 4 nitrogen and oxygen atoms in total. The molecule has 1 aromatic carbocycles. The third kappa shape index (κ3) is 2.35. The lowest BCUT2D eigenvalue weighted by molar-refractivity contribution is 0.460. The molecule has 2 N–H and O–H groups in total. The Kier molecular flexibility index (Phi) is 3.22. The number of nitrogens with zero attached hydrogens (tertiary/aromatic N) is 2. The summed E-state index contributed by atoms with van der Waals surface area (Å²) in [6, 6.07) is 7.16. The number of hydrogen-bond acceptors (Lipinski definition) is 5. The van der Waals surface area contributed by atoms with Gasteiger partial charge in [0.15, 0.2) is 0 Å². The topological polar surface area (TPSA) is 58.0 Å². The molecule has 5 heteroatoms. The Labute approximate surface area is 128 Å². The first-order valence-electron chi connectivity index (χ1n) is 7.39. The van der Waals surface area contributed by atoms with Crippen LogP contribution in [0.15, 0.2) is 35.6 Å². The van der Waals surface area contributed by atoms with Crippen molar-refractivity contribution in [3.63, 3.8) is 0 Å². The summed E-state index contributed by atoms with van der Waals surface area (Å²) in [4.78, 5) is 8.91. The van der Waals surface area contributed by atoms with Crippen LogP contribution in [0.25, 0.3) is 0 Å². The zero-order chi connectivity index (χ0) is 14.2. The Morgan fingerprint density at radius 2 is 2.10 bits per heavy atom. The monoisotopic (exact) mass is 299 g/mol. The Bertz CT molecular complexity index is 676. The van der Waals surface area contributed by atoms with Gasteiger partial charge < -0.3 is 10.4 Å². The smallest absolute Gasteiger partial charge is 0.138 e. The van der Waals surface area contributed by atoms with Gasteiger partial charge in [0.25, 0.3) is 0 Å². The number of hydrogen-bond donors (Lipinski definition) is 2. The fourth-order valence-corrected chi connectivity index (χ4v) is 4.83. The van der Waals surface area contributed by atoms with E-state index in [2.05, 4.69) is 15.3 Å². The maximum atomic E-state index is 9.60. The second-order valence-corrected chi connectivity index (χ2v) is 6.89. The molecule has 0 saturated heterocycles. The van der Waals surface area contributed by atoms with Gasteiger partial charge in [-0.15, -0.1) is 11.8 Å². The minimum atomic E-state index is 0.260. The zero-order valence-corrected chi connectivity index (χ0v) is 12.4. The SMILES string of the molecule is Oc1cccc(Nc2ncnc3c2C2CCCCC2S3)c1. The van der Waals surface area contributed by atoms with Gasteiger partial charge in [0, 0.05) is 28.5 Å². The van der Waals surface area contributed by atoms with Crippen molar-refractivity contribution in [1.29, 1.82) is 0 Å². The molecule has 2 unspecified atom stereocenters. The lowest BCUT2D eigenvalue weighted by atomic mass is 9.84. The number of benzene rings is 1. The minimum absolute atomic E-state index is 0.260. The highest BCUT2D eigenvalue weighted by Crippen LogP contribution is 2.53. The van der Waals surface area contributed by atoms with Crippen molar-refractivity contribution < 1.29 is 5.11 Å². The van der Waals surface area contributed by atoms with E-state index in [1.165, 1.54) is 31.2 Å². The highest BCUT2D eigenvalue weighted by Gasteiger charge is 2.38. The van der Waals surface area contributed by atoms with Crippen molar-refractivity contribution in [2.75, 3.05) is 5.32 Å². The highest BCUT2D eigenvalue weighted by molar-refractivity contribution is 8.00. The molecule has 0 amide bonds. The van der Waals surface area contributed by atoms with Gasteiger partial charge in [-0.1, -0.05) is 18.9 Å². The van der Waals surface area contributed by atoms with Gasteiger partial charge >= 0.3 is 0 Å². The number of rotatable bonds is 2. The predicted octanol–water partition coefficient (Wildman–Crippen LogP) is 4.06. The minimum Gasteiger partial charge on any atom is -0.508 e. The van der Waals surface area contributed by atoms with Crippen molar-refractivity contribution in [2.24, 2.45) is 0 Å². The van der Waals surface area contributed by atoms with Crippen LogP contribution in [0.2, 0.25) is 0 Å². The van der Waals surface area contributed by atoms with E-state index in [0.717, 1.165) is 16.5 Å². The molecule has 1 aromatic heterocycles. The maximum absolute atomic E-state index is 9.60. The molecule has 2 aliphatic rings.